The van der Waals surface area contributed by atoms with Gasteiger partial charge in [0.05, 0.1) is 6.20 Å². The Hall–Kier alpha value is -1.12. The Morgan fingerprint density at radius 1 is 1.82 bits per heavy atom. The fourth-order valence-corrected chi connectivity index (χ4v) is 0.997. The molecule has 0 aliphatic carbocycles. The molecule has 1 rings (SSSR count). The third-order valence-electron chi connectivity index (χ3n) is 1.55. The van der Waals surface area contributed by atoms with Gasteiger partial charge in [0.25, 0.3) is 0 Å². The van der Waals surface area contributed by atoms with Crippen LogP contribution in [0, 0.1) is 5.92 Å². The highest BCUT2D eigenvalue weighted by atomic mass is 16.1. The number of aromatic nitrogens is 2. The third-order valence-corrected chi connectivity index (χ3v) is 1.55. The fourth-order valence-electron chi connectivity index (χ4n) is 0.997. The van der Waals surface area contributed by atoms with Gasteiger partial charge in [0.1, 0.15) is 6.29 Å². The zero-order chi connectivity index (χ0) is 8.27. The minimum atomic E-state index is 0.0965. The molecule has 1 heterocycles. The van der Waals surface area contributed by atoms with E-state index in [-0.39, 0.29) is 5.92 Å². The van der Waals surface area contributed by atoms with Crippen molar-refractivity contribution in [1.82, 2.24) is 9.78 Å². The second-order valence-corrected chi connectivity index (χ2v) is 2.84. The Kier molecular flexibility index (Phi) is 2.41. The van der Waals surface area contributed by atoms with Crippen molar-refractivity contribution in [1.29, 1.82) is 0 Å². The average molecular weight is 152 g/mol. The Balaban J connectivity index is 2.57. The lowest BCUT2D eigenvalue weighted by Crippen LogP contribution is -1.99. The maximum atomic E-state index is 10.3. The second-order valence-electron chi connectivity index (χ2n) is 2.84. The first kappa shape index (κ1) is 7.98. The van der Waals surface area contributed by atoms with E-state index in [2.05, 4.69) is 5.10 Å². The largest absolute Gasteiger partial charge is 0.303 e. The summed E-state index contributed by atoms with van der Waals surface area (Å²) in [5, 5.41) is 4.00. The molecule has 0 amide bonds. The topological polar surface area (TPSA) is 34.9 Å². The Bertz CT molecular complexity index is 242. The smallest absolute Gasteiger partial charge is 0.123 e. The maximum absolute atomic E-state index is 10.3. The lowest BCUT2D eigenvalue weighted by molar-refractivity contribution is -0.110. The summed E-state index contributed by atoms with van der Waals surface area (Å²) in [6.07, 6.45) is 5.48. The summed E-state index contributed by atoms with van der Waals surface area (Å²) in [6.45, 7) is 1.90. The highest BCUT2D eigenvalue weighted by Crippen LogP contribution is 2.04. The highest BCUT2D eigenvalue weighted by Gasteiger charge is 2.02. The quantitative estimate of drug-likeness (QED) is 0.600. The summed E-state index contributed by atoms with van der Waals surface area (Å²) < 4.78 is 1.74. The zero-order valence-corrected chi connectivity index (χ0v) is 6.82. The molecular weight excluding hydrogens is 140 g/mol. The van der Waals surface area contributed by atoms with Crippen molar-refractivity contribution >= 4 is 6.29 Å². The molecule has 0 aliphatic rings. The van der Waals surface area contributed by atoms with Gasteiger partial charge in [0.15, 0.2) is 0 Å². The lowest BCUT2D eigenvalue weighted by Gasteiger charge is -1.97. The first-order chi connectivity index (χ1) is 5.22. The van der Waals surface area contributed by atoms with Gasteiger partial charge in [-0.15, -0.1) is 0 Å². The molecule has 3 heteroatoms. The molecule has 60 valence electrons. The molecule has 3 nitrogen and oxygen atoms in total. The van der Waals surface area contributed by atoms with Gasteiger partial charge in [0.2, 0.25) is 0 Å². The van der Waals surface area contributed by atoms with Crippen LogP contribution in [0.2, 0.25) is 0 Å². The van der Waals surface area contributed by atoms with Gasteiger partial charge in [-0.25, -0.2) is 0 Å². The minimum absolute atomic E-state index is 0.0965. The van der Waals surface area contributed by atoms with Crippen molar-refractivity contribution in [3.8, 4) is 0 Å². The molecule has 0 saturated heterocycles. The molecule has 0 aliphatic heterocycles. The first-order valence-electron chi connectivity index (χ1n) is 3.65. The van der Waals surface area contributed by atoms with Crippen molar-refractivity contribution < 1.29 is 4.79 Å². The van der Waals surface area contributed by atoms with Crippen LogP contribution in [0.1, 0.15) is 12.5 Å². The fraction of sp³-hybridized carbons (Fsp3) is 0.500. The van der Waals surface area contributed by atoms with Crippen LogP contribution in [0.25, 0.3) is 0 Å². The molecule has 0 saturated carbocycles. The number of hydrogen-bond acceptors (Lipinski definition) is 2. The highest BCUT2D eigenvalue weighted by molar-refractivity contribution is 5.53. The number of aryl methyl sites for hydroxylation is 1. The Morgan fingerprint density at radius 2 is 2.55 bits per heavy atom. The number of rotatable bonds is 3. The first-order valence-corrected chi connectivity index (χ1v) is 3.65. The van der Waals surface area contributed by atoms with Gasteiger partial charge in [-0.1, -0.05) is 6.92 Å². The van der Waals surface area contributed by atoms with Gasteiger partial charge >= 0.3 is 0 Å². The van der Waals surface area contributed by atoms with Crippen LogP contribution < -0.4 is 0 Å². The molecule has 11 heavy (non-hydrogen) atoms. The summed E-state index contributed by atoms with van der Waals surface area (Å²) in [5.41, 5.74) is 1.12. The molecule has 1 atom stereocenters. The predicted octanol–water partition coefficient (Wildman–Crippen LogP) is 0.798. The van der Waals surface area contributed by atoms with E-state index in [0.29, 0.717) is 0 Å². The summed E-state index contributed by atoms with van der Waals surface area (Å²) in [6, 6.07) is 0. The SMILES string of the molecule is CC(C=O)Cc1cnn(C)c1. The summed E-state index contributed by atoms with van der Waals surface area (Å²) in [5.74, 6) is 0.0965. The van der Waals surface area contributed by atoms with Gasteiger partial charge < -0.3 is 4.79 Å². The van der Waals surface area contributed by atoms with E-state index in [1.54, 1.807) is 10.9 Å². The van der Waals surface area contributed by atoms with E-state index in [1.165, 1.54) is 0 Å². The normalized spacial score (nSPS) is 12.9. The molecule has 0 radical (unpaired) electrons. The molecule has 0 bridgehead atoms. The van der Waals surface area contributed by atoms with Gasteiger partial charge in [-0.2, -0.15) is 5.10 Å². The van der Waals surface area contributed by atoms with Crippen LogP contribution >= 0.6 is 0 Å². The number of aldehydes is 1. The molecule has 0 fully saturated rings. The van der Waals surface area contributed by atoms with Crippen LogP contribution in [0.4, 0.5) is 0 Å². The predicted molar refractivity (Wildman–Crippen MR) is 42.1 cm³/mol. The Labute approximate surface area is 66.0 Å². The number of nitrogens with zero attached hydrogens (tertiary/aromatic N) is 2. The van der Waals surface area contributed by atoms with E-state index in [1.807, 2.05) is 20.2 Å². The third kappa shape index (κ3) is 2.18. The maximum Gasteiger partial charge on any atom is 0.123 e. The van der Waals surface area contributed by atoms with E-state index in [0.717, 1.165) is 18.3 Å². The number of hydrogen-bond donors (Lipinski definition) is 0. The van der Waals surface area contributed by atoms with E-state index >= 15 is 0 Å². The van der Waals surface area contributed by atoms with E-state index in [9.17, 15) is 4.79 Å². The van der Waals surface area contributed by atoms with E-state index in [4.69, 9.17) is 0 Å². The summed E-state index contributed by atoms with van der Waals surface area (Å²) >= 11 is 0. The minimum Gasteiger partial charge on any atom is -0.303 e. The van der Waals surface area contributed by atoms with Crippen molar-refractivity contribution in [3.63, 3.8) is 0 Å². The van der Waals surface area contributed by atoms with Crippen LogP contribution in [-0.2, 0) is 18.3 Å². The van der Waals surface area contributed by atoms with Gasteiger partial charge in [-0.05, 0) is 12.0 Å². The molecule has 1 unspecified atom stereocenters. The Morgan fingerprint density at radius 3 is 3.00 bits per heavy atom. The summed E-state index contributed by atoms with van der Waals surface area (Å²) in [7, 11) is 1.87. The van der Waals surface area contributed by atoms with Gasteiger partial charge in [0, 0.05) is 19.2 Å². The number of carbonyl (C=O) groups excluding carboxylic acids is 1. The van der Waals surface area contributed by atoms with Crippen LogP contribution in [-0.4, -0.2) is 16.1 Å². The van der Waals surface area contributed by atoms with Crippen molar-refractivity contribution in [2.45, 2.75) is 13.3 Å². The molecule has 0 aromatic carbocycles. The molecular formula is C8H12N2O. The van der Waals surface area contributed by atoms with Gasteiger partial charge in [-0.3, -0.25) is 4.68 Å². The van der Waals surface area contributed by atoms with E-state index < -0.39 is 0 Å². The van der Waals surface area contributed by atoms with Crippen molar-refractivity contribution in [2.75, 3.05) is 0 Å². The average Bonchev–Trinajstić information content (AvgIpc) is 2.35. The van der Waals surface area contributed by atoms with Crippen molar-refractivity contribution in [3.05, 3.63) is 18.0 Å². The van der Waals surface area contributed by atoms with Crippen LogP contribution in [0.15, 0.2) is 12.4 Å². The molecule has 1 aromatic heterocycles. The zero-order valence-electron chi connectivity index (χ0n) is 6.82. The molecule has 1 aromatic rings. The lowest BCUT2D eigenvalue weighted by atomic mass is 10.1. The monoisotopic (exact) mass is 152 g/mol. The van der Waals surface area contributed by atoms with Crippen LogP contribution in [0.5, 0.6) is 0 Å². The summed E-state index contributed by atoms with van der Waals surface area (Å²) in [4.78, 5) is 10.3. The number of carbonyl (C=O) groups is 1. The second kappa shape index (κ2) is 3.32. The standard InChI is InChI=1S/C8H12N2O/c1-7(6-11)3-8-4-9-10(2)5-8/h4-7H,3H2,1-2H3. The van der Waals surface area contributed by atoms with Crippen molar-refractivity contribution in [2.24, 2.45) is 13.0 Å². The van der Waals surface area contributed by atoms with Crippen LogP contribution in [0.3, 0.4) is 0 Å². The molecule has 0 N–H and O–H groups in total. The molecule has 0 spiro atoms.